The molecule has 3 aromatic rings. The number of benzene rings is 1. The summed E-state index contributed by atoms with van der Waals surface area (Å²) in [5, 5.41) is 9.93. The minimum Gasteiger partial charge on any atom is -0.480 e. The van der Waals surface area contributed by atoms with Gasteiger partial charge in [0.2, 0.25) is 0 Å². The highest BCUT2D eigenvalue weighted by molar-refractivity contribution is 6.29. The smallest absolute Gasteiger partial charge is 0.323 e. The first kappa shape index (κ1) is 14.0. The Balaban J connectivity index is 2.00. The van der Waals surface area contributed by atoms with Crippen molar-refractivity contribution in [2.75, 3.05) is 11.4 Å². The number of nitrogens with zero attached hydrogens (tertiary/aromatic N) is 3. The van der Waals surface area contributed by atoms with E-state index in [0.29, 0.717) is 34.1 Å². The molecule has 116 valence electrons. The van der Waals surface area contributed by atoms with Gasteiger partial charge in [0.15, 0.2) is 0 Å². The van der Waals surface area contributed by atoms with Crippen LogP contribution in [0.25, 0.3) is 22.3 Å². The monoisotopic (exact) mass is 331 g/mol. The molecule has 0 fully saturated rings. The van der Waals surface area contributed by atoms with E-state index < -0.39 is 5.97 Å². The standard InChI is InChI=1S/C16H11ClFN3O2/c17-14-5-4-12-16(19-14)13-6-9-10(18)2-1-3-11(9)21(13)8-20(12)7-15(22)23/h1-6H,7-8H2,(H,22,23). The van der Waals surface area contributed by atoms with Crippen LogP contribution < -0.4 is 4.90 Å². The fourth-order valence-electron chi connectivity index (χ4n) is 3.01. The Morgan fingerprint density at radius 2 is 2.17 bits per heavy atom. The Kier molecular flexibility index (Phi) is 3.02. The number of carboxylic acid groups (broad SMARTS) is 1. The highest BCUT2D eigenvalue weighted by Crippen LogP contribution is 2.39. The van der Waals surface area contributed by atoms with Crippen molar-refractivity contribution in [3.05, 3.63) is 47.4 Å². The topological polar surface area (TPSA) is 58.4 Å². The Morgan fingerprint density at radius 1 is 1.35 bits per heavy atom. The molecular weight excluding hydrogens is 321 g/mol. The second-order valence-corrected chi connectivity index (χ2v) is 5.75. The second-order valence-electron chi connectivity index (χ2n) is 5.37. The lowest BCUT2D eigenvalue weighted by Gasteiger charge is -2.31. The molecule has 0 atom stereocenters. The SMILES string of the molecule is O=C(O)CN1Cn2c(cc3c(F)cccc32)-c2nc(Cl)ccc21. The van der Waals surface area contributed by atoms with E-state index in [1.807, 2.05) is 4.57 Å². The van der Waals surface area contributed by atoms with Gasteiger partial charge in [-0.05, 0) is 30.3 Å². The largest absolute Gasteiger partial charge is 0.480 e. The highest BCUT2D eigenvalue weighted by atomic mass is 35.5. The number of halogens is 2. The molecule has 5 nitrogen and oxygen atoms in total. The molecule has 0 aliphatic carbocycles. The Bertz CT molecular complexity index is 954. The highest BCUT2D eigenvalue weighted by Gasteiger charge is 2.27. The number of aliphatic carboxylic acids is 1. The summed E-state index contributed by atoms with van der Waals surface area (Å²) < 4.78 is 15.9. The van der Waals surface area contributed by atoms with Crippen LogP contribution in [0.2, 0.25) is 5.15 Å². The minimum atomic E-state index is -0.947. The van der Waals surface area contributed by atoms with Crippen molar-refractivity contribution in [3.63, 3.8) is 0 Å². The molecule has 1 N–H and O–H groups in total. The summed E-state index contributed by atoms with van der Waals surface area (Å²) in [7, 11) is 0. The van der Waals surface area contributed by atoms with Crippen molar-refractivity contribution < 1.29 is 14.3 Å². The number of fused-ring (bicyclic) bond motifs is 5. The predicted molar refractivity (Wildman–Crippen MR) is 85.1 cm³/mol. The average molecular weight is 332 g/mol. The summed E-state index contributed by atoms with van der Waals surface area (Å²) in [6.45, 7) is 0.135. The lowest BCUT2D eigenvalue weighted by molar-refractivity contribution is -0.135. The van der Waals surface area contributed by atoms with Gasteiger partial charge in [-0.25, -0.2) is 9.37 Å². The van der Waals surface area contributed by atoms with Gasteiger partial charge in [-0.15, -0.1) is 0 Å². The predicted octanol–water partition coefficient (Wildman–Crippen LogP) is 3.36. The molecule has 0 bridgehead atoms. The van der Waals surface area contributed by atoms with Gasteiger partial charge in [-0.3, -0.25) is 4.79 Å². The summed E-state index contributed by atoms with van der Waals surface area (Å²) in [4.78, 5) is 17.2. The molecule has 0 spiro atoms. The first-order valence-corrected chi connectivity index (χ1v) is 7.34. The maximum atomic E-state index is 14.1. The summed E-state index contributed by atoms with van der Waals surface area (Å²) >= 11 is 6.00. The van der Waals surface area contributed by atoms with Crippen LogP contribution in [0, 0.1) is 5.82 Å². The quantitative estimate of drug-likeness (QED) is 0.732. The van der Waals surface area contributed by atoms with Gasteiger partial charge in [-0.2, -0.15) is 0 Å². The Morgan fingerprint density at radius 3 is 2.96 bits per heavy atom. The van der Waals surface area contributed by atoms with Gasteiger partial charge >= 0.3 is 5.97 Å². The third-order valence-electron chi connectivity index (χ3n) is 3.95. The van der Waals surface area contributed by atoms with Crippen molar-refractivity contribution in [2.45, 2.75) is 6.67 Å². The number of hydrogen-bond acceptors (Lipinski definition) is 3. The van der Waals surface area contributed by atoms with Crippen LogP contribution in [-0.2, 0) is 11.5 Å². The average Bonchev–Trinajstić information content (AvgIpc) is 2.87. The van der Waals surface area contributed by atoms with E-state index in [4.69, 9.17) is 16.7 Å². The number of rotatable bonds is 2. The summed E-state index contributed by atoms with van der Waals surface area (Å²) in [5.41, 5.74) is 2.65. The zero-order valence-corrected chi connectivity index (χ0v) is 12.6. The molecule has 1 aliphatic rings. The Labute approximate surface area is 135 Å². The van der Waals surface area contributed by atoms with Gasteiger partial charge in [0.05, 0.1) is 23.6 Å². The number of carboxylic acids is 1. The van der Waals surface area contributed by atoms with Crippen LogP contribution in [0.4, 0.5) is 10.1 Å². The number of pyridine rings is 1. The third-order valence-corrected chi connectivity index (χ3v) is 4.16. The van der Waals surface area contributed by atoms with E-state index in [0.717, 1.165) is 5.69 Å². The van der Waals surface area contributed by atoms with E-state index in [9.17, 15) is 9.18 Å². The van der Waals surface area contributed by atoms with Crippen LogP contribution in [0.5, 0.6) is 0 Å². The van der Waals surface area contributed by atoms with Crippen LogP contribution in [-0.4, -0.2) is 27.2 Å². The lowest BCUT2D eigenvalue weighted by Crippen LogP contribution is -2.35. The molecule has 0 unspecified atom stereocenters. The normalized spacial score (nSPS) is 13.0. The summed E-state index contributed by atoms with van der Waals surface area (Å²) in [6.07, 6.45) is 0. The molecule has 23 heavy (non-hydrogen) atoms. The first-order valence-electron chi connectivity index (χ1n) is 6.96. The molecule has 1 aliphatic heterocycles. The molecule has 4 rings (SSSR count). The van der Waals surface area contributed by atoms with Gasteiger partial charge in [-0.1, -0.05) is 17.7 Å². The molecule has 0 saturated heterocycles. The summed E-state index contributed by atoms with van der Waals surface area (Å²) in [5.74, 6) is -1.27. The summed E-state index contributed by atoms with van der Waals surface area (Å²) in [6, 6.07) is 9.92. The molecule has 0 amide bonds. The first-order chi connectivity index (χ1) is 11.0. The van der Waals surface area contributed by atoms with Gasteiger partial charge in [0.1, 0.15) is 23.2 Å². The van der Waals surface area contributed by atoms with E-state index in [1.165, 1.54) is 6.07 Å². The number of carbonyl (C=O) groups is 1. The number of hydrogen-bond donors (Lipinski definition) is 1. The van der Waals surface area contributed by atoms with E-state index in [-0.39, 0.29) is 12.4 Å². The van der Waals surface area contributed by atoms with Crippen LogP contribution in [0.1, 0.15) is 0 Å². The zero-order valence-electron chi connectivity index (χ0n) is 11.8. The number of aromatic nitrogens is 2. The maximum absolute atomic E-state index is 14.1. The number of anilines is 1. The Hall–Kier alpha value is -2.60. The van der Waals surface area contributed by atoms with Crippen molar-refractivity contribution >= 4 is 34.2 Å². The van der Waals surface area contributed by atoms with E-state index in [2.05, 4.69) is 4.98 Å². The molecular formula is C16H11ClFN3O2. The van der Waals surface area contributed by atoms with Crippen LogP contribution >= 0.6 is 11.6 Å². The van der Waals surface area contributed by atoms with Gasteiger partial charge < -0.3 is 14.6 Å². The van der Waals surface area contributed by atoms with Crippen LogP contribution in [0.15, 0.2) is 36.4 Å². The van der Waals surface area contributed by atoms with E-state index in [1.54, 1.807) is 35.2 Å². The maximum Gasteiger partial charge on any atom is 0.323 e. The molecule has 2 aromatic heterocycles. The van der Waals surface area contributed by atoms with Crippen molar-refractivity contribution in [2.24, 2.45) is 0 Å². The zero-order chi connectivity index (χ0) is 16.1. The third kappa shape index (κ3) is 2.14. The molecule has 0 radical (unpaired) electrons. The molecule has 1 aromatic carbocycles. The van der Waals surface area contributed by atoms with E-state index >= 15 is 0 Å². The van der Waals surface area contributed by atoms with Crippen LogP contribution in [0.3, 0.4) is 0 Å². The fraction of sp³-hybridized carbons (Fsp3) is 0.125. The van der Waals surface area contributed by atoms with Gasteiger partial charge in [0, 0.05) is 5.39 Å². The van der Waals surface area contributed by atoms with Crippen molar-refractivity contribution in [1.29, 1.82) is 0 Å². The van der Waals surface area contributed by atoms with Crippen molar-refractivity contribution in [3.8, 4) is 11.4 Å². The second kappa shape index (κ2) is 4.96. The van der Waals surface area contributed by atoms with Gasteiger partial charge in [0.25, 0.3) is 0 Å². The molecule has 0 saturated carbocycles. The molecule has 7 heteroatoms. The van der Waals surface area contributed by atoms with Crippen molar-refractivity contribution in [1.82, 2.24) is 9.55 Å². The lowest BCUT2D eigenvalue weighted by atomic mass is 10.1. The fourth-order valence-corrected chi connectivity index (χ4v) is 3.16. The molecule has 3 heterocycles. The minimum absolute atomic E-state index is 0.176.